The van der Waals surface area contributed by atoms with E-state index < -0.39 is 11.6 Å². The summed E-state index contributed by atoms with van der Waals surface area (Å²) in [7, 11) is 1.43. The molecule has 0 aliphatic rings. The number of aromatic nitrogens is 3. The van der Waals surface area contributed by atoms with E-state index in [1.807, 2.05) is 30.3 Å². The molecule has 8 heteroatoms. The molecule has 0 aliphatic heterocycles. The summed E-state index contributed by atoms with van der Waals surface area (Å²) in [4.78, 5) is 13.0. The first kappa shape index (κ1) is 21.6. The van der Waals surface area contributed by atoms with E-state index in [0.29, 0.717) is 32.5 Å². The van der Waals surface area contributed by atoms with Crippen LogP contribution in [0.2, 0.25) is 5.02 Å². The zero-order chi connectivity index (χ0) is 22.9. The molecule has 33 heavy (non-hydrogen) atoms. The minimum Gasteiger partial charge on any atom is -0.467 e. The largest absolute Gasteiger partial charge is 0.467 e. The molecule has 0 saturated carbocycles. The van der Waals surface area contributed by atoms with E-state index in [0.717, 1.165) is 5.56 Å². The first-order chi connectivity index (χ1) is 16.1. The van der Waals surface area contributed by atoms with Crippen molar-refractivity contribution in [3.63, 3.8) is 0 Å². The molecule has 164 valence electrons. The third kappa shape index (κ3) is 3.98. The number of hydrogen-bond acceptors (Lipinski definition) is 5. The van der Waals surface area contributed by atoms with Crippen molar-refractivity contribution in [2.75, 3.05) is 7.11 Å². The SMILES string of the molecule is COc1nc(SCc2ccccc2)c2cnc(-c3cccc4ccc(F)c(Cl)c34)c(F)c2n1. The smallest absolute Gasteiger partial charge is 0.317 e. The zero-order valence-electron chi connectivity index (χ0n) is 17.3. The summed E-state index contributed by atoms with van der Waals surface area (Å²) < 4.78 is 35.2. The van der Waals surface area contributed by atoms with Crippen molar-refractivity contribution in [2.45, 2.75) is 10.8 Å². The molecule has 0 amide bonds. The van der Waals surface area contributed by atoms with Crippen molar-refractivity contribution in [2.24, 2.45) is 0 Å². The van der Waals surface area contributed by atoms with Gasteiger partial charge in [-0.15, -0.1) is 11.8 Å². The Balaban J connectivity index is 1.67. The van der Waals surface area contributed by atoms with Crippen LogP contribution < -0.4 is 4.74 Å². The minimum atomic E-state index is -0.650. The fourth-order valence-electron chi connectivity index (χ4n) is 3.63. The van der Waals surface area contributed by atoms with Gasteiger partial charge in [0.2, 0.25) is 0 Å². The summed E-state index contributed by atoms with van der Waals surface area (Å²) in [5, 5.41) is 2.02. The molecule has 0 saturated heterocycles. The first-order valence-electron chi connectivity index (χ1n) is 10.0. The van der Waals surface area contributed by atoms with Crippen molar-refractivity contribution >= 4 is 45.0 Å². The summed E-state index contributed by atoms with van der Waals surface area (Å²) in [6, 6.07) is 18.0. The molecule has 2 aromatic heterocycles. The van der Waals surface area contributed by atoms with Crippen LogP contribution in [-0.4, -0.2) is 22.1 Å². The van der Waals surface area contributed by atoms with Gasteiger partial charge in [-0.1, -0.05) is 66.2 Å². The maximum Gasteiger partial charge on any atom is 0.317 e. The van der Waals surface area contributed by atoms with Crippen LogP contribution in [0.4, 0.5) is 8.78 Å². The van der Waals surface area contributed by atoms with Crippen LogP contribution in [-0.2, 0) is 5.75 Å². The van der Waals surface area contributed by atoms with Gasteiger partial charge in [0, 0.05) is 22.9 Å². The molecule has 5 rings (SSSR count). The number of thioether (sulfide) groups is 1. The Morgan fingerprint density at radius 2 is 1.79 bits per heavy atom. The molecule has 0 spiro atoms. The number of methoxy groups -OCH3 is 1. The number of pyridine rings is 1. The third-order valence-electron chi connectivity index (χ3n) is 5.22. The Kier molecular flexibility index (Phi) is 5.83. The Morgan fingerprint density at radius 1 is 0.970 bits per heavy atom. The van der Waals surface area contributed by atoms with Crippen molar-refractivity contribution in [3.05, 3.63) is 89.1 Å². The summed E-state index contributed by atoms with van der Waals surface area (Å²) in [5.74, 6) is -0.596. The van der Waals surface area contributed by atoms with E-state index in [4.69, 9.17) is 16.3 Å². The highest BCUT2D eigenvalue weighted by Gasteiger charge is 2.20. The van der Waals surface area contributed by atoms with Crippen molar-refractivity contribution in [1.82, 2.24) is 15.0 Å². The topological polar surface area (TPSA) is 47.9 Å². The molecule has 0 bridgehead atoms. The predicted octanol–water partition coefficient (Wildman–Crippen LogP) is 7.08. The first-order valence-corrected chi connectivity index (χ1v) is 11.4. The van der Waals surface area contributed by atoms with Gasteiger partial charge in [-0.2, -0.15) is 9.97 Å². The number of benzene rings is 3. The summed E-state index contributed by atoms with van der Waals surface area (Å²) >= 11 is 7.69. The average molecular weight is 480 g/mol. The predicted molar refractivity (Wildman–Crippen MR) is 128 cm³/mol. The highest BCUT2D eigenvalue weighted by atomic mass is 35.5. The summed E-state index contributed by atoms with van der Waals surface area (Å²) in [5.41, 5.74) is 1.59. The molecule has 5 aromatic rings. The molecule has 4 nitrogen and oxygen atoms in total. The number of halogens is 3. The van der Waals surface area contributed by atoms with Crippen LogP contribution >= 0.6 is 23.4 Å². The molecule has 0 radical (unpaired) electrons. The lowest BCUT2D eigenvalue weighted by atomic mass is 10.0. The van der Waals surface area contributed by atoms with E-state index in [2.05, 4.69) is 15.0 Å². The zero-order valence-corrected chi connectivity index (χ0v) is 18.9. The van der Waals surface area contributed by atoms with Crippen LogP contribution in [0, 0.1) is 11.6 Å². The van der Waals surface area contributed by atoms with Gasteiger partial charge in [-0.25, -0.2) is 8.78 Å². The maximum absolute atomic E-state index is 15.8. The van der Waals surface area contributed by atoms with Gasteiger partial charge < -0.3 is 4.74 Å². The standard InChI is InChI=1S/C25H16ClF2N3OS/c1-32-25-30-23-17(24(31-25)33-13-14-6-3-2-4-7-14)12-29-22(21(23)28)16-9-5-8-15-10-11-18(27)20(26)19(15)16/h2-12H,13H2,1H3. The van der Waals surface area contributed by atoms with Gasteiger partial charge in [0.15, 0.2) is 5.82 Å². The highest BCUT2D eigenvalue weighted by Crippen LogP contribution is 2.38. The molecule has 2 heterocycles. The Labute approximate surface area is 197 Å². The lowest BCUT2D eigenvalue weighted by Gasteiger charge is -2.12. The van der Waals surface area contributed by atoms with E-state index >= 15 is 4.39 Å². The highest BCUT2D eigenvalue weighted by molar-refractivity contribution is 7.98. The lowest BCUT2D eigenvalue weighted by molar-refractivity contribution is 0.378. The lowest BCUT2D eigenvalue weighted by Crippen LogP contribution is -2.00. The average Bonchev–Trinajstić information content (AvgIpc) is 2.85. The summed E-state index contributed by atoms with van der Waals surface area (Å²) in [6.07, 6.45) is 1.53. The van der Waals surface area contributed by atoms with Crippen LogP contribution in [0.25, 0.3) is 32.9 Å². The van der Waals surface area contributed by atoms with Crippen molar-refractivity contribution in [3.8, 4) is 17.3 Å². The normalized spacial score (nSPS) is 11.3. The molecule has 3 aromatic carbocycles. The van der Waals surface area contributed by atoms with E-state index in [1.54, 1.807) is 24.3 Å². The maximum atomic E-state index is 15.8. The Hall–Kier alpha value is -3.29. The van der Waals surface area contributed by atoms with Crippen molar-refractivity contribution in [1.29, 1.82) is 0 Å². The second-order valence-electron chi connectivity index (χ2n) is 7.24. The van der Waals surface area contributed by atoms with Crippen molar-refractivity contribution < 1.29 is 13.5 Å². The van der Waals surface area contributed by atoms with Gasteiger partial charge in [0.25, 0.3) is 0 Å². The molecule has 0 unspecified atom stereocenters. The Morgan fingerprint density at radius 3 is 2.58 bits per heavy atom. The molecule has 0 atom stereocenters. The monoisotopic (exact) mass is 479 g/mol. The fourth-order valence-corrected chi connectivity index (χ4v) is 4.85. The molecular weight excluding hydrogens is 464 g/mol. The second kappa shape index (κ2) is 8.92. The number of nitrogens with zero attached hydrogens (tertiary/aromatic N) is 3. The van der Waals surface area contributed by atoms with Gasteiger partial charge >= 0.3 is 6.01 Å². The second-order valence-corrected chi connectivity index (χ2v) is 8.58. The Bertz CT molecular complexity index is 1500. The van der Waals surface area contributed by atoms with E-state index in [9.17, 15) is 4.39 Å². The van der Waals surface area contributed by atoms with E-state index in [1.165, 1.54) is 31.1 Å². The molecule has 0 N–H and O–H groups in total. The van der Waals surface area contributed by atoms with Crippen LogP contribution in [0.5, 0.6) is 6.01 Å². The van der Waals surface area contributed by atoms with Gasteiger partial charge in [0.1, 0.15) is 22.1 Å². The van der Waals surface area contributed by atoms with Gasteiger partial charge in [-0.3, -0.25) is 4.98 Å². The molecule has 0 fully saturated rings. The minimum absolute atomic E-state index is 0.0281. The number of ether oxygens (including phenoxy) is 1. The van der Waals surface area contributed by atoms with Crippen LogP contribution in [0.15, 0.2) is 71.9 Å². The van der Waals surface area contributed by atoms with E-state index in [-0.39, 0.29) is 22.2 Å². The number of fused-ring (bicyclic) bond motifs is 2. The van der Waals surface area contributed by atoms with Crippen LogP contribution in [0.3, 0.4) is 0 Å². The fraction of sp³-hybridized carbons (Fsp3) is 0.0800. The van der Waals surface area contributed by atoms with Gasteiger partial charge in [0.05, 0.1) is 17.5 Å². The summed E-state index contributed by atoms with van der Waals surface area (Å²) in [6.45, 7) is 0. The number of rotatable bonds is 5. The number of hydrogen-bond donors (Lipinski definition) is 0. The third-order valence-corrected chi connectivity index (χ3v) is 6.65. The quantitative estimate of drug-likeness (QED) is 0.199. The van der Waals surface area contributed by atoms with Crippen LogP contribution in [0.1, 0.15) is 5.56 Å². The molecule has 0 aliphatic carbocycles. The van der Waals surface area contributed by atoms with Gasteiger partial charge in [-0.05, 0) is 17.0 Å². The molecular formula is C25H16ClF2N3OS.